The van der Waals surface area contributed by atoms with Gasteiger partial charge in [0.05, 0.1) is 39.5 Å². The van der Waals surface area contributed by atoms with E-state index in [-0.39, 0.29) is 18.4 Å². The molecule has 0 bridgehead atoms. The third-order valence-corrected chi connectivity index (χ3v) is 5.63. The molecule has 1 aromatic heterocycles. The van der Waals surface area contributed by atoms with Crippen LogP contribution in [0.4, 0.5) is 13.2 Å². The van der Waals surface area contributed by atoms with Gasteiger partial charge in [0.2, 0.25) is 5.91 Å². The van der Waals surface area contributed by atoms with E-state index < -0.39 is 12.1 Å². The standard InChI is InChI=1S/C24H27N3O4.C2HF3O2/c1-29-20-9-8-18(21(13-20)30-2)12-23(28)25-14-22-24-19(10-11-31-22)16-27(26-24)15-17-6-4-3-5-7-17;3-2(4,5)1(6)7/h3-9,13,16,22H,10-12,14-15H2,1-2H3,(H,25,28);(H,6,7). The van der Waals surface area contributed by atoms with Gasteiger partial charge in [-0.2, -0.15) is 18.3 Å². The van der Waals surface area contributed by atoms with Gasteiger partial charge < -0.3 is 24.6 Å². The number of hydrogen-bond donors (Lipinski definition) is 2. The fourth-order valence-corrected chi connectivity index (χ4v) is 3.78. The van der Waals surface area contributed by atoms with Crippen LogP contribution < -0.4 is 14.8 Å². The molecule has 204 valence electrons. The van der Waals surface area contributed by atoms with Crippen molar-refractivity contribution in [1.82, 2.24) is 15.1 Å². The normalized spacial score (nSPS) is 14.5. The molecule has 12 heteroatoms. The van der Waals surface area contributed by atoms with Crippen molar-refractivity contribution < 1.29 is 42.1 Å². The highest BCUT2D eigenvalue weighted by atomic mass is 19.4. The molecule has 0 saturated carbocycles. The number of hydrogen-bond acceptors (Lipinski definition) is 6. The third kappa shape index (κ3) is 7.97. The van der Waals surface area contributed by atoms with E-state index in [9.17, 15) is 18.0 Å². The molecule has 4 rings (SSSR count). The van der Waals surface area contributed by atoms with Crippen molar-refractivity contribution in [3.63, 3.8) is 0 Å². The number of nitrogens with one attached hydrogen (secondary N) is 1. The van der Waals surface area contributed by atoms with E-state index in [1.54, 1.807) is 20.3 Å². The Labute approximate surface area is 217 Å². The molecule has 9 nitrogen and oxygen atoms in total. The lowest BCUT2D eigenvalue weighted by atomic mass is 10.1. The summed E-state index contributed by atoms with van der Waals surface area (Å²) in [6, 6.07) is 15.7. The molecule has 2 N–H and O–H groups in total. The van der Waals surface area contributed by atoms with Crippen LogP contribution in [-0.2, 0) is 33.7 Å². The van der Waals surface area contributed by atoms with Crippen LogP contribution in [0.2, 0.25) is 0 Å². The maximum absolute atomic E-state index is 12.6. The molecule has 0 spiro atoms. The van der Waals surface area contributed by atoms with Crippen LogP contribution >= 0.6 is 0 Å². The predicted molar refractivity (Wildman–Crippen MR) is 130 cm³/mol. The summed E-state index contributed by atoms with van der Waals surface area (Å²) in [4.78, 5) is 21.5. The van der Waals surface area contributed by atoms with Crippen LogP contribution in [0.25, 0.3) is 0 Å². The predicted octanol–water partition coefficient (Wildman–Crippen LogP) is 3.55. The molecule has 3 aromatic rings. The zero-order valence-corrected chi connectivity index (χ0v) is 20.8. The number of nitrogens with zero attached hydrogens (tertiary/aromatic N) is 2. The first-order valence-electron chi connectivity index (χ1n) is 11.6. The second-order valence-electron chi connectivity index (χ2n) is 8.29. The van der Waals surface area contributed by atoms with Crippen molar-refractivity contribution >= 4 is 11.9 Å². The lowest BCUT2D eigenvalue weighted by Crippen LogP contribution is -2.32. The molecule has 1 aliphatic rings. The number of amides is 1. The summed E-state index contributed by atoms with van der Waals surface area (Å²) in [6.07, 6.45) is -2.20. The number of alkyl halides is 3. The Morgan fingerprint density at radius 3 is 2.50 bits per heavy atom. The molecule has 1 atom stereocenters. The maximum atomic E-state index is 12.6. The molecule has 0 radical (unpaired) electrons. The summed E-state index contributed by atoms with van der Waals surface area (Å²) in [7, 11) is 3.18. The van der Waals surface area contributed by atoms with E-state index in [1.165, 1.54) is 11.1 Å². The van der Waals surface area contributed by atoms with E-state index in [1.807, 2.05) is 35.0 Å². The minimum Gasteiger partial charge on any atom is -0.497 e. The maximum Gasteiger partial charge on any atom is 0.490 e. The molecule has 2 heterocycles. The number of ether oxygens (including phenoxy) is 3. The highest BCUT2D eigenvalue weighted by Gasteiger charge is 2.38. The van der Waals surface area contributed by atoms with Crippen LogP contribution in [0.5, 0.6) is 11.5 Å². The second kappa shape index (κ2) is 13.0. The zero-order chi connectivity index (χ0) is 27.7. The highest BCUT2D eigenvalue weighted by Crippen LogP contribution is 2.27. The number of halogens is 3. The van der Waals surface area contributed by atoms with Crippen LogP contribution in [-0.4, -0.2) is 60.3 Å². The van der Waals surface area contributed by atoms with Crippen molar-refractivity contribution in [2.24, 2.45) is 0 Å². The van der Waals surface area contributed by atoms with Crippen molar-refractivity contribution in [2.45, 2.75) is 31.7 Å². The molecular formula is C26H28F3N3O6. The van der Waals surface area contributed by atoms with Crippen LogP contribution in [0.15, 0.2) is 54.7 Å². The minimum atomic E-state index is -5.08. The molecule has 38 heavy (non-hydrogen) atoms. The molecule has 0 fully saturated rings. The van der Waals surface area contributed by atoms with Gasteiger partial charge in [0, 0.05) is 24.4 Å². The minimum absolute atomic E-state index is 0.0945. The number of benzene rings is 2. The Morgan fingerprint density at radius 1 is 1.16 bits per heavy atom. The summed E-state index contributed by atoms with van der Waals surface area (Å²) in [5.74, 6) is -1.53. The molecular weight excluding hydrogens is 507 g/mol. The number of carboxylic acid groups (broad SMARTS) is 1. The van der Waals surface area contributed by atoms with E-state index in [4.69, 9.17) is 29.2 Å². The average Bonchev–Trinajstić information content (AvgIpc) is 3.31. The highest BCUT2D eigenvalue weighted by molar-refractivity contribution is 5.79. The fourth-order valence-electron chi connectivity index (χ4n) is 3.78. The second-order valence-corrected chi connectivity index (χ2v) is 8.29. The van der Waals surface area contributed by atoms with E-state index in [2.05, 4.69) is 23.6 Å². The van der Waals surface area contributed by atoms with Gasteiger partial charge in [-0.25, -0.2) is 4.79 Å². The van der Waals surface area contributed by atoms with Crippen molar-refractivity contribution in [2.75, 3.05) is 27.4 Å². The third-order valence-electron chi connectivity index (χ3n) is 5.63. The largest absolute Gasteiger partial charge is 0.497 e. The average molecular weight is 536 g/mol. The van der Waals surface area contributed by atoms with Gasteiger partial charge in [-0.1, -0.05) is 36.4 Å². The molecule has 2 aromatic carbocycles. The number of carbonyl (C=O) groups excluding carboxylic acids is 1. The smallest absolute Gasteiger partial charge is 0.490 e. The van der Waals surface area contributed by atoms with Crippen LogP contribution in [0, 0.1) is 0 Å². The molecule has 0 saturated heterocycles. The van der Waals surface area contributed by atoms with Crippen LogP contribution in [0.3, 0.4) is 0 Å². The Balaban J connectivity index is 0.000000505. The monoisotopic (exact) mass is 535 g/mol. The van der Waals surface area contributed by atoms with Crippen molar-refractivity contribution in [1.29, 1.82) is 0 Å². The Bertz CT molecular complexity index is 1230. The first-order chi connectivity index (χ1) is 18.1. The van der Waals surface area contributed by atoms with Gasteiger partial charge in [0.1, 0.15) is 17.6 Å². The molecule has 1 amide bonds. The number of aliphatic carboxylic acids is 1. The number of methoxy groups -OCH3 is 2. The number of aromatic nitrogens is 2. The van der Waals surface area contributed by atoms with Gasteiger partial charge in [-0.05, 0) is 23.6 Å². The summed E-state index contributed by atoms with van der Waals surface area (Å²) >= 11 is 0. The summed E-state index contributed by atoms with van der Waals surface area (Å²) < 4.78 is 50.2. The molecule has 1 aliphatic heterocycles. The first-order valence-corrected chi connectivity index (χ1v) is 11.6. The lowest BCUT2D eigenvalue weighted by Gasteiger charge is -2.22. The van der Waals surface area contributed by atoms with Gasteiger partial charge in [0.25, 0.3) is 0 Å². The summed E-state index contributed by atoms with van der Waals surface area (Å²) in [5, 5.41) is 14.8. The Morgan fingerprint density at radius 2 is 1.87 bits per heavy atom. The number of carboxylic acids is 1. The van der Waals surface area contributed by atoms with E-state index >= 15 is 0 Å². The lowest BCUT2D eigenvalue weighted by molar-refractivity contribution is -0.192. The van der Waals surface area contributed by atoms with Gasteiger partial charge in [-0.3, -0.25) is 9.48 Å². The first kappa shape index (κ1) is 28.5. The SMILES string of the molecule is COc1ccc(CC(=O)NCC2OCCc3cn(Cc4ccccc4)nc32)c(OC)c1.O=C(O)C(F)(F)F. The van der Waals surface area contributed by atoms with Crippen LogP contribution in [0.1, 0.15) is 28.5 Å². The summed E-state index contributed by atoms with van der Waals surface area (Å²) in [5.41, 5.74) is 4.09. The molecule has 1 unspecified atom stereocenters. The van der Waals surface area contributed by atoms with Gasteiger partial charge in [-0.15, -0.1) is 0 Å². The Kier molecular flexibility index (Phi) is 9.72. The Hall–Kier alpha value is -4.06. The molecule has 0 aliphatic carbocycles. The number of fused-ring (bicyclic) bond motifs is 1. The van der Waals surface area contributed by atoms with Crippen molar-refractivity contribution in [3.8, 4) is 11.5 Å². The van der Waals surface area contributed by atoms with E-state index in [0.717, 1.165) is 17.7 Å². The topological polar surface area (TPSA) is 112 Å². The zero-order valence-electron chi connectivity index (χ0n) is 20.8. The van der Waals surface area contributed by atoms with Crippen molar-refractivity contribution in [3.05, 3.63) is 77.1 Å². The number of rotatable bonds is 8. The quantitative estimate of drug-likeness (QED) is 0.454. The van der Waals surface area contributed by atoms with E-state index in [0.29, 0.717) is 31.2 Å². The number of carbonyl (C=O) groups is 2. The van der Waals surface area contributed by atoms with Gasteiger partial charge >= 0.3 is 12.1 Å². The fraction of sp³-hybridized carbons (Fsp3) is 0.346. The summed E-state index contributed by atoms with van der Waals surface area (Å²) in [6.45, 7) is 1.72. The van der Waals surface area contributed by atoms with Gasteiger partial charge in [0.15, 0.2) is 0 Å².